The number of pyridine rings is 1. The first-order valence-corrected chi connectivity index (χ1v) is 12.6. The first kappa shape index (κ1) is 28.2. The molecule has 0 aliphatic heterocycles. The lowest BCUT2D eigenvalue weighted by molar-refractivity contribution is 0.0309. The van der Waals surface area contributed by atoms with E-state index in [0.29, 0.717) is 29.1 Å². The summed E-state index contributed by atoms with van der Waals surface area (Å²) in [5.41, 5.74) is -0.516. The van der Waals surface area contributed by atoms with Crippen LogP contribution in [-0.4, -0.2) is 26.8 Å². The van der Waals surface area contributed by atoms with E-state index in [-0.39, 0.29) is 28.8 Å². The number of alkyl halides is 2. The molecular formula is C28H27ClF2N4O4. The smallest absolute Gasteiger partial charge is 0.314 e. The van der Waals surface area contributed by atoms with Crippen molar-refractivity contribution < 1.29 is 23.4 Å². The maximum atomic E-state index is 15.1. The minimum absolute atomic E-state index is 0.0787. The topological polar surface area (TPSA) is 110 Å². The van der Waals surface area contributed by atoms with Gasteiger partial charge < -0.3 is 14.6 Å². The van der Waals surface area contributed by atoms with E-state index in [9.17, 15) is 15.2 Å². The largest absolute Gasteiger partial charge is 0.481 e. The summed E-state index contributed by atoms with van der Waals surface area (Å²) in [5.74, 6) is -4.08. The number of aliphatic hydroxyl groups excluding tert-OH is 1. The molecule has 11 heteroatoms. The van der Waals surface area contributed by atoms with E-state index in [1.54, 1.807) is 6.07 Å². The third kappa shape index (κ3) is 5.79. The number of allylic oxidation sites excluding steroid dienone is 1. The Hall–Kier alpha value is -3.81. The van der Waals surface area contributed by atoms with Gasteiger partial charge in [-0.3, -0.25) is 9.36 Å². The molecule has 1 fully saturated rings. The summed E-state index contributed by atoms with van der Waals surface area (Å²) in [6, 6.07) is 7.58. The molecule has 3 aromatic rings. The number of rotatable bonds is 10. The number of nitriles is 1. The molecule has 1 N–H and O–H groups in total. The van der Waals surface area contributed by atoms with E-state index in [4.69, 9.17) is 21.1 Å². The second kappa shape index (κ2) is 11.1. The highest BCUT2D eigenvalue weighted by Crippen LogP contribution is 2.44. The summed E-state index contributed by atoms with van der Waals surface area (Å²) in [6.07, 6.45) is 2.49. The van der Waals surface area contributed by atoms with Crippen molar-refractivity contribution in [1.82, 2.24) is 14.5 Å². The highest BCUT2D eigenvalue weighted by Gasteiger charge is 2.40. The fourth-order valence-electron chi connectivity index (χ4n) is 4.16. The fourth-order valence-corrected chi connectivity index (χ4v) is 4.39. The van der Waals surface area contributed by atoms with E-state index < -0.39 is 34.6 Å². The van der Waals surface area contributed by atoms with Gasteiger partial charge in [0.15, 0.2) is 5.69 Å². The quantitative estimate of drug-likeness (QED) is 0.320. The van der Waals surface area contributed by atoms with Gasteiger partial charge in [0, 0.05) is 16.3 Å². The Morgan fingerprint density at radius 2 is 2.08 bits per heavy atom. The molecular weight excluding hydrogens is 530 g/mol. The standard InChI is InChI=1S/C28H27ClF2N4O4/c1-5-22-18(10-21(26(34-22)38-4)23(36)17-6-7-17)13-35-14-33-25(28(30,31)15(2)3)24(27(35)37)39-20-9-16(12-32)8-19(29)11-20/h8-11,14,17,23,36H,2,5-7,13H2,1,3-4H3. The van der Waals surface area contributed by atoms with Crippen LogP contribution in [0, 0.1) is 17.2 Å². The molecule has 39 heavy (non-hydrogen) atoms. The van der Waals surface area contributed by atoms with Crippen molar-refractivity contribution in [3.8, 4) is 23.4 Å². The van der Waals surface area contributed by atoms with Crippen LogP contribution >= 0.6 is 11.6 Å². The van der Waals surface area contributed by atoms with Gasteiger partial charge >= 0.3 is 5.92 Å². The number of halogens is 3. The van der Waals surface area contributed by atoms with E-state index in [0.717, 1.165) is 30.7 Å². The van der Waals surface area contributed by atoms with Gasteiger partial charge in [0.05, 0.1) is 37.7 Å². The van der Waals surface area contributed by atoms with Gasteiger partial charge in [-0.15, -0.1) is 0 Å². The molecule has 1 saturated carbocycles. The average Bonchev–Trinajstić information content (AvgIpc) is 3.75. The number of aryl methyl sites for hydroxylation is 1. The summed E-state index contributed by atoms with van der Waals surface area (Å²) >= 11 is 6.05. The van der Waals surface area contributed by atoms with Crippen LogP contribution in [0.15, 0.2) is 47.5 Å². The molecule has 2 heterocycles. The van der Waals surface area contributed by atoms with Gasteiger partial charge in [-0.2, -0.15) is 14.0 Å². The second-order valence-electron chi connectivity index (χ2n) is 9.43. The third-order valence-electron chi connectivity index (χ3n) is 6.49. The number of hydrogen-bond donors (Lipinski definition) is 1. The number of hydrogen-bond acceptors (Lipinski definition) is 7. The predicted molar refractivity (Wildman–Crippen MR) is 140 cm³/mol. The van der Waals surface area contributed by atoms with Crippen LogP contribution in [0.2, 0.25) is 5.02 Å². The van der Waals surface area contributed by atoms with Crippen LogP contribution in [0.4, 0.5) is 8.78 Å². The molecule has 1 aliphatic carbocycles. The zero-order valence-electron chi connectivity index (χ0n) is 21.7. The molecule has 204 valence electrons. The summed E-state index contributed by atoms with van der Waals surface area (Å²) in [5, 5.41) is 20.2. The number of aromatic nitrogens is 3. The van der Waals surface area contributed by atoms with Crippen LogP contribution in [-0.2, 0) is 18.9 Å². The number of benzene rings is 1. The Balaban J connectivity index is 1.84. The lowest BCUT2D eigenvalue weighted by Gasteiger charge is -2.21. The Morgan fingerprint density at radius 1 is 1.36 bits per heavy atom. The van der Waals surface area contributed by atoms with Crippen molar-refractivity contribution in [2.24, 2.45) is 5.92 Å². The molecule has 0 spiro atoms. The Labute approximate surface area is 229 Å². The molecule has 0 amide bonds. The zero-order chi connectivity index (χ0) is 28.5. The molecule has 4 rings (SSSR count). The van der Waals surface area contributed by atoms with E-state index >= 15 is 8.78 Å². The summed E-state index contributed by atoms with van der Waals surface area (Å²) < 4.78 is 42.4. The molecule has 0 saturated heterocycles. The van der Waals surface area contributed by atoms with Crippen molar-refractivity contribution >= 4 is 11.6 Å². The molecule has 1 atom stereocenters. The first-order valence-electron chi connectivity index (χ1n) is 12.3. The van der Waals surface area contributed by atoms with Gasteiger partial charge in [0.2, 0.25) is 11.6 Å². The lowest BCUT2D eigenvalue weighted by atomic mass is 10.0. The molecule has 8 nitrogen and oxygen atoms in total. The zero-order valence-corrected chi connectivity index (χ0v) is 22.4. The van der Waals surface area contributed by atoms with Crippen LogP contribution in [0.1, 0.15) is 60.9 Å². The maximum Gasteiger partial charge on any atom is 0.314 e. The van der Waals surface area contributed by atoms with Gasteiger partial charge in [0.25, 0.3) is 5.56 Å². The Morgan fingerprint density at radius 3 is 2.67 bits per heavy atom. The maximum absolute atomic E-state index is 15.1. The molecule has 1 aliphatic rings. The Bertz CT molecular complexity index is 1530. The number of nitrogens with zero attached hydrogens (tertiary/aromatic N) is 4. The first-order chi connectivity index (χ1) is 18.5. The van der Waals surface area contributed by atoms with Crippen molar-refractivity contribution in [2.75, 3.05) is 7.11 Å². The third-order valence-corrected chi connectivity index (χ3v) is 6.71. The van der Waals surface area contributed by atoms with Crippen molar-refractivity contribution in [1.29, 1.82) is 5.26 Å². The van der Waals surface area contributed by atoms with Gasteiger partial charge in [0.1, 0.15) is 5.75 Å². The van der Waals surface area contributed by atoms with Crippen LogP contribution in [0.5, 0.6) is 17.4 Å². The van der Waals surface area contributed by atoms with Crippen molar-refractivity contribution in [2.45, 2.75) is 51.7 Å². The van der Waals surface area contributed by atoms with E-state index in [1.165, 1.54) is 25.3 Å². The van der Waals surface area contributed by atoms with E-state index in [1.807, 2.05) is 13.0 Å². The minimum Gasteiger partial charge on any atom is -0.481 e. The monoisotopic (exact) mass is 556 g/mol. The van der Waals surface area contributed by atoms with E-state index in [2.05, 4.69) is 16.5 Å². The molecule has 0 radical (unpaired) electrons. The number of methoxy groups -OCH3 is 1. The van der Waals surface area contributed by atoms with Gasteiger partial charge in [-0.1, -0.05) is 25.1 Å². The average molecular weight is 557 g/mol. The SMILES string of the molecule is C=C(C)C(F)(F)c1ncn(Cc2cc(C(O)C3CC3)c(OC)nc2CC)c(=O)c1Oc1cc(Cl)cc(C#N)c1. The fraction of sp³-hybridized carbons (Fsp3) is 0.357. The van der Waals surface area contributed by atoms with Crippen molar-refractivity contribution in [3.05, 3.63) is 86.2 Å². The second-order valence-corrected chi connectivity index (χ2v) is 9.86. The highest BCUT2D eigenvalue weighted by molar-refractivity contribution is 6.30. The Kier molecular flexibility index (Phi) is 8.04. The molecule has 1 unspecified atom stereocenters. The highest BCUT2D eigenvalue weighted by atomic mass is 35.5. The predicted octanol–water partition coefficient (Wildman–Crippen LogP) is 5.69. The summed E-state index contributed by atoms with van der Waals surface area (Å²) in [4.78, 5) is 22.1. The lowest BCUT2D eigenvalue weighted by Crippen LogP contribution is -2.29. The number of ether oxygens (including phenoxy) is 2. The molecule has 2 aromatic heterocycles. The van der Waals surface area contributed by atoms with Crippen molar-refractivity contribution in [3.63, 3.8) is 0 Å². The molecule has 0 bridgehead atoms. The van der Waals surface area contributed by atoms with Gasteiger partial charge in [-0.25, -0.2) is 9.97 Å². The number of aliphatic hydroxyl groups is 1. The van der Waals surface area contributed by atoms with Crippen LogP contribution in [0.3, 0.4) is 0 Å². The minimum atomic E-state index is -3.68. The normalized spacial score (nSPS) is 14.0. The van der Waals surface area contributed by atoms with Crippen LogP contribution in [0.25, 0.3) is 0 Å². The van der Waals surface area contributed by atoms with Gasteiger partial charge in [-0.05, 0) is 67.5 Å². The summed E-state index contributed by atoms with van der Waals surface area (Å²) in [7, 11) is 1.47. The molecule has 1 aromatic carbocycles. The van der Waals surface area contributed by atoms with Crippen LogP contribution < -0.4 is 15.0 Å². The summed E-state index contributed by atoms with van der Waals surface area (Å²) in [6.45, 7) is 6.25.